The van der Waals surface area contributed by atoms with Gasteiger partial charge in [0.05, 0.1) is 13.2 Å². The summed E-state index contributed by atoms with van der Waals surface area (Å²) in [6, 6.07) is 5.21. The fourth-order valence-electron chi connectivity index (χ4n) is 4.01. The predicted molar refractivity (Wildman–Crippen MR) is 150 cm³/mol. The summed E-state index contributed by atoms with van der Waals surface area (Å²) in [6.07, 6.45) is 5.95. The number of hydrogen-bond donors (Lipinski definition) is 0. The summed E-state index contributed by atoms with van der Waals surface area (Å²) in [5.41, 5.74) is -1.99. The topological polar surface area (TPSA) is 18.5 Å². The van der Waals surface area contributed by atoms with Gasteiger partial charge in [0.1, 0.15) is 11.1 Å². The highest BCUT2D eigenvalue weighted by Crippen LogP contribution is 2.31. The normalized spacial score (nSPS) is 10.6. The van der Waals surface area contributed by atoms with Crippen LogP contribution in [0.2, 0.25) is 0 Å². The monoisotopic (exact) mass is 622 g/mol. The lowest BCUT2D eigenvalue weighted by Crippen LogP contribution is -2.08. The molecule has 234 valence electrons. The number of halogens is 8. The first-order chi connectivity index (χ1) is 21.1. The molecule has 0 aliphatic rings. The third kappa shape index (κ3) is 8.47. The maximum Gasteiger partial charge on any atom is 0.205 e. The van der Waals surface area contributed by atoms with Crippen LogP contribution in [0.15, 0.2) is 24.3 Å². The van der Waals surface area contributed by atoms with E-state index in [0.717, 1.165) is 38.5 Å². The maximum absolute atomic E-state index is 14.5. The van der Waals surface area contributed by atoms with Gasteiger partial charge in [0.2, 0.25) is 23.3 Å². The molecule has 0 bridgehead atoms. The van der Waals surface area contributed by atoms with Crippen LogP contribution in [0.25, 0.3) is 0 Å². The highest BCUT2D eigenvalue weighted by Gasteiger charge is 2.27. The summed E-state index contributed by atoms with van der Waals surface area (Å²) in [6.45, 7) is 3.71. The van der Waals surface area contributed by atoms with Crippen LogP contribution >= 0.6 is 0 Å². The third-order valence-corrected chi connectivity index (χ3v) is 6.48. The zero-order valence-corrected chi connectivity index (χ0v) is 24.2. The molecule has 0 aliphatic carbocycles. The van der Waals surface area contributed by atoms with Crippen LogP contribution in [-0.2, 0) is 0 Å². The van der Waals surface area contributed by atoms with Gasteiger partial charge in [0.15, 0.2) is 34.8 Å². The van der Waals surface area contributed by atoms with Crippen molar-refractivity contribution in [2.75, 3.05) is 13.2 Å². The second kappa shape index (κ2) is 16.6. The van der Waals surface area contributed by atoms with E-state index < -0.39 is 69.2 Å². The Morgan fingerprint density at radius 3 is 1.05 bits per heavy atom. The standard InChI is InChI=1S/C34H30F8O2/c1-3-5-7-9-19-43-33-29(39)25(35)23(26(36)30(33)40)17-15-21-11-13-22(14-12-21)16-18-24-27(37)31(41)34(32(42)28(24)38)44-20-10-8-6-4-2/h11-14H,3-10,19-20H2,1-2H3. The van der Waals surface area contributed by atoms with Gasteiger partial charge in [0.25, 0.3) is 0 Å². The molecule has 0 saturated heterocycles. The maximum atomic E-state index is 14.5. The van der Waals surface area contributed by atoms with Crippen LogP contribution < -0.4 is 9.47 Å². The van der Waals surface area contributed by atoms with E-state index in [2.05, 4.69) is 23.7 Å². The Hall–Kier alpha value is -4.18. The number of unbranched alkanes of at least 4 members (excludes halogenated alkanes) is 6. The van der Waals surface area contributed by atoms with Crippen molar-refractivity contribution in [3.05, 3.63) is 93.1 Å². The molecule has 10 heteroatoms. The van der Waals surface area contributed by atoms with Crippen LogP contribution in [0, 0.1) is 70.2 Å². The molecule has 44 heavy (non-hydrogen) atoms. The number of ether oxygens (including phenoxy) is 2. The van der Waals surface area contributed by atoms with Crippen LogP contribution in [0.1, 0.15) is 87.5 Å². The molecular weight excluding hydrogens is 592 g/mol. The minimum atomic E-state index is -1.71. The van der Waals surface area contributed by atoms with Crippen LogP contribution in [0.3, 0.4) is 0 Å². The van der Waals surface area contributed by atoms with Gasteiger partial charge in [0, 0.05) is 11.1 Å². The van der Waals surface area contributed by atoms with E-state index in [9.17, 15) is 35.1 Å². The lowest BCUT2D eigenvalue weighted by Gasteiger charge is -2.11. The minimum absolute atomic E-state index is 0.116. The molecule has 0 unspecified atom stereocenters. The van der Waals surface area contributed by atoms with Gasteiger partial charge in [-0.3, -0.25) is 0 Å². The summed E-state index contributed by atoms with van der Waals surface area (Å²) in [5.74, 6) is -7.09. The van der Waals surface area contributed by atoms with Crippen molar-refractivity contribution in [1.82, 2.24) is 0 Å². The van der Waals surface area contributed by atoms with Crippen LogP contribution in [0.4, 0.5) is 35.1 Å². The Morgan fingerprint density at radius 1 is 0.432 bits per heavy atom. The molecule has 0 radical (unpaired) electrons. The van der Waals surface area contributed by atoms with Crippen molar-refractivity contribution in [2.45, 2.75) is 65.2 Å². The number of benzene rings is 3. The van der Waals surface area contributed by atoms with E-state index in [1.165, 1.54) is 24.3 Å². The largest absolute Gasteiger partial charge is 0.487 e. The van der Waals surface area contributed by atoms with Gasteiger partial charge in [-0.1, -0.05) is 76.1 Å². The first kappa shape index (κ1) is 34.3. The molecule has 0 N–H and O–H groups in total. The SMILES string of the molecule is CCCCCCOc1c(F)c(F)c(C#Cc2ccc(C#Cc3c(F)c(F)c(OCCCCCC)c(F)c3F)cc2)c(F)c1F. The minimum Gasteiger partial charge on any atom is -0.487 e. The van der Waals surface area contributed by atoms with Crippen molar-refractivity contribution in [3.8, 4) is 35.2 Å². The van der Waals surface area contributed by atoms with Gasteiger partial charge < -0.3 is 9.47 Å². The predicted octanol–water partition coefficient (Wildman–Crippen LogP) is 9.52. The van der Waals surface area contributed by atoms with Crippen molar-refractivity contribution < 1.29 is 44.6 Å². The van der Waals surface area contributed by atoms with E-state index in [1.807, 2.05) is 13.8 Å². The summed E-state index contributed by atoms with van der Waals surface area (Å²) < 4.78 is 126. The molecule has 0 aromatic heterocycles. The van der Waals surface area contributed by atoms with Crippen molar-refractivity contribution in [1.29, 1.82) is 0 Å². The molecule has 2 nitrogen and oxygen atoms in total. The van der Waals surface area contributed by atoms with Gasteiger partial charge >= 0.3 is 0 Å². The molecule has 0 saturated carbocycles. The first-order valence-corrected chi connectivity index (χ1v) is 14.2. The molecule has 0 aliphatic heterocycles. The second-order valence-electron chi connectivity index (χ2n) is 9.82. The summed E-state index contributed by atoms with van der Waals surface area (Å²) in [4.78, 5) is 0. The van der Waals surface area contributed by atoms with Crippen LogP contribution in [-0.4, -0.2) is 13.2 Å². The van der Waals surface area contributed by atoms with Gasteiger partial charge in [-0.2, -0.15) is 17.6 Å². The average molecular weight is 623 g/mol. The van der Waals surface area contributed by atoms with E-state index in [1.54, 1.807) is 0 Å². The fourth-order valence-corrected chi connectivity index (χ4v) is 4.01. The summed E-state index contributed by atoms with van der Waals surface area (Å²) >= 11 is 0. The van der Waals surface area contributed by atoms with E-state index in [0.29, 0.717) is 12.8 Å². The zero-order valence-electron chi connectivity index (χ0n) is 24.2. The van der Waals surface area contributed by atoms with E-state index >= 15 is 0 Å². The Morgan fingerprint density at radius 2 is 0.750 bits per heavy atom. The Labute approximate surface area is 251 Å². The summed E-state index contributed by atoms with van der Waals surface area (Å²) in [7, 11) is 0. The van der Waals surface area contributed by atoms with Crippen molar-refractivity contribution >= 4 is 0 Å². The third-order valence-electron chi connectivity index (χ3n) is 6.48. The fraction of sp³-hybridized carbons (Fsp3) is 0.353. The highest BCUT2D eigenvalue weighted by molar-refractivity contribution is 5.51. The average Bonchev–Trinajstić information content (AvgIpc) is 3.02. The molecule has 0 atom stereocenters. The molecular formula is C34H30F8O2. The summed E-state index contributed by atoms with van der Waals surface area (Å²) in [5, 5.41) is 0. The van der Waals surface area contributed by atoms with E-state index in [-0.39, 0.29) is 24.3 Å². The van der Waals surface area contributed by atoms with Crippen molar-refractivity contribution in [3.63, 3.8) is 0 Å². The zero-order chi connectivity index (χ0) is 32.2. The highest BCUT2D eigenvalue weighted by atomic mass is 19.2. The Bertz CT molecular complexity index is 1400. The molecule has 3 aromatic rings. The van der Waals surface area contributed by atoms with Gasteiger partial charge in [-0.25, -0.2) is 17.6 Å². The van der Waals surface area contributed by atoms with E-state index in [4.69, 9.17) is 9.47 Å². The molecule has 0 spiro atoms. The van der Waals surface area contributed by atoms with Gasteiger partial charge in [-0.15, -0.1) is 0 Å². The van der Waals surface area contributed by atoms with Crippen LogP contribution in [0.5, 0.6) is 11.5 Å². The lowest BCUT2D eigenvalue weighted by molar-refractivity contribution is 0.263. The molecule has 0 amide bonds. The van der Waals surface area contributed by atoms with Crippen molar-refractivity contribution in [2.24, 2.45) is 0 Å². The smallest absolute Gasteiger partial charge is 0.205 e. The molecule has 3 aromatic carbocycles. The molecule has 3 rings (SSSR count). The first-order valence-electron chi connectivity index (χ1n) is 14.2. The van der Waals surface area contributed by atoms with Gasteiger partial charge in [-0.05, 0) is 37.1 Å². The number of hydrogen-bond acceptors (Lipinski definition) is 2. The lowest BCUT2D eigenvalue weighted by atomic mass is 10.1. The number of rotatable bonds is 12. The quantitative estimate of drug-likeness (QED) is 0.0867. The Balaban J connectivity index is 1.77. The second-order valence-corrected chi connectivity index (χ2v) is 9.82. The molecule has 0 fully saturated rings. The molecule has 0 heterocycles. The Kier molecular flexibility index (Phi) is 13.0.